The molecule has 3 nitrogen and oxygen atoms in total. The molecule has 1 heterocycles. The highest BCUT2D eigenvalue weighted by atomic mass is 32.2. The third-order valence-corrected chi connectivity index (χ3v) is 6.40. The fourth-order valence-electron chi connectivity index (χ4n) is 3.81. The van der Waals surface area contributed by atoms with Crippen LogP contribution >= 0.6 is 11.8 Å². The summed E-state index contributed by atoms with van der Waals surface area (Å²) >= 11 is 2.04. The van der Waals surface area contributed by atoms with E-state index < -0.39 is 0 Å². The van der Waals surface area contributed by atoms with Crippen molar-refractivity contribution < 1.29 is 4.79 Å². The van der Waals surface area contributed by atoms with Crippen molar-refractivity contribution >= 4 is 17.7 Å². The van der Waals surface area contributed by atoms with Gasteiger partial charge in [0.2, 0.25) is 5.91 Å². The van der Waals surface area contributed by atoms with E-state index in [1.54, 1.807) is 0 Å². The van der Waals surface area contributed by atoms with E-state index >= 15 is 0 Å². The molecule has 1 aliphatic heterocycles. The molecule has 2 fully saturated rings. The zero-order chi connectivity index (χ0) is 15.6. The smallest absolute Gasteiger partial charge is 0.244 e. The third-order valence-electron chi connectivity index (χ3n) is 5.08. The first-order valence-electron chi connectivity index (χ1n) is 8.65. The van der Waals surface area contributed by atoms with Crippen molar-refractivity contribution in [2.45, 2.75) is 89.7 Å². The maximum absolute atomic E-state index is 13.0. The predicted octanol–water partition coefficient (Wildman–Crippen LogP) is 3.63. The molecule has 1 N–H and O–H groups in total. The Hall–Kier alpha value is -0.220. The summed E-state index contributed by atoms with van der Waals surface area (Å²) in [6.45, 7) is 10.9. The highest BCUT2D eigenvalue weighted by Gasteiger charge is 2.51. The standard InChI is InChI=1S/C17H32N2OS/c1-6-17(5)16(20)19(15(18-17)11-12(3)4)13-9-8-10-14(13)21-7-2/h12-15,18H,6-11H2,1-5H3. The molecular formula is C17H32N2OS. The number of rotatable bonds is 6. The van der Waals surface area contributed by atoms with E-state index in [0.717, 1.165) is 18.6 Å². The maximum Gasteiger partial charge on any atom is 0.244 e. The molecule has 0 spiro atoms. The number of carbonyl (C=O) groups is 1. The molecule has 0 bridgehead atoms. The first kappa shape index (κ1) is 17.1. The van der Waals surface area contributed by atoms with Gasteiger partial charge >= 0.3 is 0 Å². The molecule has 0 aromatic rings. The Morgan fingerprint density at radius 2 is 2.10 bits per heavy atom. The minimum absolute atomic E-state index is 0.227. The van der Waals surface area contributed by atoms with E-state index in [9.17, 15) is 4.79 Å². The van der Waals surface area contributed by atoms with Gasteiger partial charge in [-0.3, -0.25) is 10.1 Å². The Kier molecular flexibility index (Phi) is 5.64. The summed E-state index contributed by atoms with van der Waals surface area (Å²) in [6.07, 6.45) is 5.87. The van der Waals surface area contributed by atoms with Crippen LogP contribution in [-0.4, -0.2) is 39.6 Å². The van der Waals surface area contributed by atoms with Gasteiger partial charge in [0.1, 0.15) is 0 Å². The topological polar surface area (TPSA) is 32.3 Å². The Balaban J connectivity index is 2.22. The number of hydrogen-bond acceptors (Lipinski definition) is 3. The van der Waals surface area contributed by atoms with Crippen LogP contribution in [0.1, 0.15) is 66.7 Å². The summed E-state index contributed by atoms with van der Waals surface area (Å²) in [5, 5.41) is 4.29. The lowest BCUT2D eigenvalue weighted by atomic mass is 9.99. The molecule has 0 aromatic carbocycles. The quantitative estimate of drug-likeness (QED) is 0.813. The fraction of sp³-hybridized carbons (Fsp3) is 0.941. The van der Waals surface area contributed by atoms with Gasteiger partial charge in [0.15, 0.2) is 0 Å². The van der Waals surface area contributed by atoms with Crippen molar-refractivity contribution in [3.8, 4) is 0 Å². The zero-order valence-electron chi connectivity index (χ0n) is 14.3. The maximum atomic E-state index is 13.0. The minimum atomic E-state index is -0.358. The molecule has 21 heavy (non-hydrogen) atoms. The Morgan fingerprint density at radius 1 is 1.38 bits per heavy atom. The van der Waals surface area contributed by atoms with E-state index in [1.165, 1.54) is 19.3 Å². The van der Waals surface area contributed by atoms with Gasteiger partial charge in [-0.2, -0.15) is 11.8 Å². The lowest BCUT2D eigenvalue weighted by Crippen LogP contribution is -2.48. The fourth-order valence-corrected chi connectivity index (χ4v) is 5.06. The van der Waals surface area contributed by atoms with Gasteiger partial charge in [-0.05, 0) is 44.3 Å². The van der Waals surface area contributed by atoms with E-state index in [0.29, 0.717) is 23.1 Å². The molecule has 1 amide bonds. The molecular weight excluding hydrogens is 280 g/mol. The SMILES string of the molecule is CCSC1CCCC1N1C(=O)C(C)(CC)NC1CC(C)C. The van der Waals surface area contributed by atoms with Crippen molar-refractivity contribution in [1.29, 1.82) is 0 Å². The molecule has 4 unspecified atom stereocenters. The molecule has 0 aromatic heterocycles. The summed E-state index contributed by atoms with van der Waals surface area (Å²) in [5.41, 5.74) is -0.358. The van der Waals surface area contributed by atoms with Crippen molar-refractivity contribution in [2.24, 2.45) is 5.92 Å². The summed E-state index contributed by atoms with van der Waals surface area (Å²) < 4.78 is 0. The van der Waals surface area contributed by atoms with Gasteiger partial charge < -0.3 is 4.90 Å². The summed E-state index contributed by atoms with van der Waals surface area (Å²) in [5.74, 6) is 2.09. The van der Waals surface area contributed by atoms with E-state index in [2.05, 4.69) is 44.8 Å². The lowest BCUT2D eigenvalue weighted by Gasteiger charge is -2.34. The second-order valence-electron chi connectivity index (χ2n) is 7.18. The molecule has 122 valence electrons. The average molecular weight is 313 g/mol. The number of nitrogens with one attached hydrogen (secondary N) is 1. The molecule has 0 radical (unpaired) electrons. The van der Waals surface area contributed by atoms with Gasteiger partial charge in [0.05, 0.1) is 11.7 Å². The first-order valence-corrected chi connectivity index (χ1v) is 9.69. The molecule has 2 aliphatic rings. The van der Waals surface area contributed by atoms with Crippen LogP contribution in [0.25, 0.3) is 0 Å². The van der Waals surface area contributed by atoms with Crippen LogP contribution < -0.4 is 5.32 Å². The molecule has 2 rings (SSSR count). The Labute approximate surface area is 134 Å². The number of amides is 1. The molecule has 4 heteroatoms. The van der Waals surface area contributed by atoms with Crippen molar-refractivity contribution in [3.05, 3.63) is 0 Å². The second-order valence-corrected chi connectivity index (χ2v) is 8.70. The summed E-state index contributed by atoms with van der Waals surface area (Å²) in [6, 6.07) is 0.437. The second kappa shape index (κ2) is 6.91. The van der Waals surface area contributed by atoms with Crippen LogP contribution in [0.3, 0.4) is 0 Å². The van der Waals surface area contributed by atoms with Crippen molar-refractivity contribution in [2.75, 3.05) is 5.75 Å². The normalized spacial score (nSPS) is 37.0. The van der Waals surface area contributed by atoms with Gasteiger partial charge in [0, 0.05) is 11.3 Å². The monoisotopic (exact) mass is 312 g/mol. The average Bonchev–Trinajstić information content (AvgIpc) is 2.94. The van der Waals surface area contributed by atoms with Crippen molar-refractivity contribution in [3.63, 3.8) is 0 Å². The van der Waals surface area contributed by atoms with Crippen molar-refractivity contribution in [1.82, 2.24) is 10.2 Å². The van der Waals surface area contributed by atoms with Crippen LogP contribution in [0.15, 0.2) is 0 Å². The summed E-state index contributed by atoms with van der Waals surface area (Å²) in [4.78, 5) is 15.3. The number of carbonyl (C=O) groups excluding carboxylic acids is 1. The summed E-state index contributed by atoms with van der Waals surface area (Å²) in [7, 11) is 0. The predicted molar refractivity (Wildman–Crippen MR) is 91.5 cm³/mol. The molecule has 1 saturated heterocycles. The Bertz CT molecular complexity index is 374. The molecule has 4 atom stereocenters. The van der Waals surface area contributed by atoms with Gasteiger partial charge in [-0.25, -0.2) is 0 Å². The van der Waals surface area contributed by atoms with E-state index in [-0.39, 0.29) is 11.7 Å². The third kappa shape index (κ3) is 3.42. The molecule has 1 aliphatic carbocycles. The number of nitrogens with zero attached hydrogens (tertiary/aromatic N) is 1. The van der Waals surface area contributed by atoms with E-state index in [4.69, 9.17) is 0 Å². The Morgan fingerprint density at radius 3 is 2.67 bits per heavy atom. The minimum Gasteiger partial charge on any atom is -0.321 e. The highest BCUT2D eigenvalue weighted by molar-refractivity contribution is 7.99. The lowest BCUT2D eigenvalue weighted by molar-refractivity contribution is -0.135. The van der Waals surface area contributed by atoms with Crippen LogP contribution in [-0.2, 0) is 4.79 Å². The van der Waals surface area contributed by atoms with Crippen LogP contribution in [0, 0.1) is 5.92 Å². The zero-order valence-corrected chi connectivity index (χ0v) is 15.1. The van der Waals surface area contributed by atoms with E-state index in [1.807, 2.05) is 11.8 Å². The van der Waals surface area contributed by atoms with Crippen LogP contribution in [0.4, 0.5) is 0 Å². The number of thioether (sulfide) groups is 1. The number of hydrogen-bond donors (Lipinski definition) is 1. The highest BCUT2D eigenvalue weighted by Crippen LogP contribution is 2.38. The van der Waals surface area contributed by atoms with Crippen LogP contribution in [0.5, 0.6) is 0 Å². The van der Waals surface area contributed by atoms with Gasteiger partial charge in [0.25, 0.3) is 0 Å². The van der Waals surface area contributed by atoms with Gasteiger partial charge in [-0.1, -0.05) is 34.1 Å². The molecule has 1 saturated carbocycles. The first-order chi connectivity index (χ1) is 9.92. The van der Waals surface area contributed by atoms with Crippen LogP contribution in [0.2, 0.25) is 0 Å². The largest absolute Gasteiger partial charge is 0.321 e. The van der Waals surface area contributed by atoms with Gasteiger partial charge in [-0.15, -0.1) is 0 Å².